The first-order valence-electron chi connectivity index (χ1n) is 4.41. The number of hydrogen-bond donors (Lipinski definition) is 0. The lowest BCUT2D eigenvalue weighted by molar-refractivity contribution is 0.133. The van der Waals surface area contributed by atoms with Gasteiger partial charge in [0.05, 0.1) is 12.6 Å². The van der Waals surface area contributed by atoms with Crippen molar-refractivity contribution in [3.05, 3.63) is 0 Å². The van der Waals surface area contributed by atoms with Gasteiger partial charge in [0.1, 0.15) is 0 Å². The van der Waals surface area contributed by atoms with E-state index in [9.17, 15) is 0 Å². The Balaban J connectivity index is 0. The van der Waals surface area contributed by atoms with Crippen LogP contribution in [0.3, 0.4) is 0 Å². The van der Waals surface area contributed by atoms with E-state index < -0.39 is 0 Å². The van der Waals surface area contributed by atoms with Crippen LogP contribution in [-0.2, 0) is 4.74 Å². The van der Waals surface area contributed by atoms with Crippen molar-refractivity contribution in [1.82, 2.24) is 4.90 Å². The topological polar surface area (TPSA) is 36.3 Å². The molecule has 0 radical (unpaired) electrons. The molecule has 0 aromatic rings. The van der Waals surface area contributed by atoms with Crippen LogP contribution < -0.4 is 0 Å². The Hall–Kier alpha value is -0.750. The second kappa shape index (κ2) is 10.2. The first-order valence-corrected chi connectivity index (χ1v) is 4.41. The van der Waals surface area contributed by atoms with Gasteiger partial charge in [0.15, 0.2) is 6.19 Å². The van der Waals surface area contributed by atoms with Gasteiger partial charge in [-0.15, -0.1) is 0 Å². The summed E-state index contributed by atoms with van der Waals surface area (Å²) in [5.74, 6) is 0. The molecule has 72 valence electrons. The quantitative estimate of drug-likeness (QED) is 0.479. The first kappa shape index (κ1) is 13.8. The summed E-state index contributed by atoms with van der Waals surface area (Å²) in [7, 11) is 1.64. The monoisotopic (exact) mass is 172 g/mol. The third kappa shape index (κ3) is 5.99. The Bertz CT molecular complexity index is 120. The molecule has 12 heavy (non-hydrogen) atoms. The molecule has 0 fully saturated rings. The van der Waals surface area contributed by atoms with Gasteiger partial charge in [-0.3, -0.25) is 0 Å². The Morgan fingerprint density at radius 3 is 2.25 bits per heavy atom. The Morgan fingerprint density at radius 1 is 1.50 bits per heavy atom. The molecule has 0 N–H and O–H groups in total. The van der Waals surface area contributed by atoms with Gasteiger partial charge in [0, 0.05) is 13.7 Å². The number of likely N-dealkylation sites (N-methyl/N-ethyl adjacent to an activating group) is 1. The van der Waals surface area contributed by atoms with E-state index in [1.807, 2.05) is 27.7 Å². The fourth-order valence-electron chi connectivity index (χ4n) is 0.812. The zero-order valence-corrected chi connectivity index (χ0v) is 8.79. The molecular formula is C9H20N2O. The molecule has 0 aromatic heterocycles. The molecule has 3 nitrogen and oxygen atoms in total. The number of nitrogens with zero attached hydrogens (tertiary/aromatic N) is 2. The van der Waals surface area contributed by atoms with Gasteiger partial charge in [-0.05, 0) is 13.8 Å². The lowest BCUT2D eigenvalue weighted by atomic mass is 10.3. The molecular weight excluding hydrogens is 152 g/mol. The Morgan fingerprint density at radius 2 is 2.00 bits per heavy atom. The average molecular weight is 172 g/mol. The maximum absolute atomic E-state index is 8.54. The highest BCUT2D eigenvalue weighted by Crippen LogP contribution is 1.95. The molecule has 0 amide bonds. The predicted octanol–water partition coefficient (Wildman–Crippen LogP) is 1.85. The van der Waals surface area contributed by atoms with Crippen molar-refractivity contribution in [2.24, 2.45) is 0 Å². The second-order valence-corrected chi connectivity index (χ2v) is 2.19. The number of hydrogen-bond acceptors (Lipinski definition) is 3. The summed E-state index contributed by atoms with van der Waals surface area (Å²) in [6.45, 7) is 9.29. The summed E-state index contributed by atoms with van der Waals surface area (Å²) in [4.78, 5) is 1.68. The molecule has 1 unspecified atom stereocenters. The molecule has 0 saturated heterocycles. The minimum absolute atomic E-state index is 0.194. The highest BCUT2D eigenvalue weighted by molar-refractivity contribution is 4.77. The Labute approximate surface area is 75.9 Å². The van der Waals surface area contributed by atoms with E-state index in [2.05, 4.69) is 6.19 Å². The van der Waals surface area contributed by atoms with Crippen LogP contribution in [0.1, 0.15) is 27.7 Å². The number of nitriles is 1. The van der Waals surface area contributed by atoms with Gasteiger partial charge in [-0.2, -0.15) is 5.26 Å². The second-order valence-electron chi connectivity index (χ2n) is 2.19. The van der Waals surface area contributed by atoms with E-state index in [4.69, 9.17) is 10.00 Å². The van der Waals surface area contributed by atoms with Gasteiger partial charge in [0.25, 0.3) is 0 Å². The van der Waals surface area contributed by atoms with Crippen LogP contribution in [0.25, 0.3) is 0 Å². The van der Waals surface area contributed by atoms with Gasteiger partial charge in [-0.25, -0.2) is 0 Å². The van der Waals surface area contributed by atoms with Crippen LogP contribution in [0.15, 0.2) is 0 Å². The molecule has 0 spiro atoms. The van der Waals surface area contributed by atoms with Gasteiger partial charge >= 0.3 is 0 Å². The maximum atomic E-state index is 8.54. The molecule has 3 heteroatoms. The summed E-state index contributed by atoms with van der Waals surface area (Å²) in [6.07, 6.45) is 2.09. The summed E-state index contributed by atoms with van der Waals surface area (Å²) >= 11 is 0. The van der Waals surface area contributed by atoms with Gasteiger partial charge in [0.2, 0.25) is 0 Å². The molecule has 1 atom stereocenters. The highest BCUT2D eigenvalue weighted by atomic mass is 16.5. The van der Waals surface area contributed by atoms with Crippen molar-refractivity contribution in [2.45, 2.75) is 33.7 Å². The van der Waals surface area contributed by atoms with Crippen LogP contribution in [-0.4, -0.2) is 31.2 Å². The SMILES string of the molecule is CC.CCN(C#N)C(C)COC. The first-order chi connectivity index (χ1) is 5.76. The minimum atomic E-state index is 0.194. The van der Waals surface area contributed by atoms with Crippen molar-refractivity contribution in [1.29, 1.82) is 5.26 Å². The zero-order valence-electron chi connectivity index (χ0n) is 8.79. The van der Waals surface area contributed by atoms with Crippen LogP contribution >= 0.6 is 0 Å². The number of methoxy groups -OCH3 is 1. The van der Waals surface area contributed by atoms with Crippen molar-refractivity contribution in [2.75, 3.05) is 20.3 Å². The maximum Gasteiger partial charge on any atom is 0.179 e. The molecule has 0 rings (SSSR count). The normalized spacial score (nSPS) is 10.7. The minimum Gasteiger partial charge on any atom is -0.383 e. The van der Waals surface area contributed by atoms with E-state index in [-0.39, 0.29) is 6.04 Å². The van der Waals surface area contributed by atoms with E-state index in [0.29, 0.717) is 6.61 Å². The molecule has 0 aromatic carbocycles. The molecule has 0 aliphatic rings. The van der Waals surface area contributed by atoms with Crippen LogP contribution in [0.2, 0.25) is 0 Å². The van der Waals surface area contributed by atoms with E-state index >= 15 is 0 Å². The number of ether oxygens (including phenoxy) is 1. The standard InChI is InChI=1S/C7H14N2O.C2H6/c1-4-9(6-8)7(2)5-10-3;1-2/h7H,4-5H2,1-3H3;1-2H3. The molecule has 0 bridgehead atoms. The smallest absolute Gasteiger partial charge is 0.179 e. The molecule has 0 saturated carbocycles. The molecule has 0 aliphatic carbocycles. The fraction of sp³-hybridized carbons (Fsp3) is 0.889. The predicted molar refractivity (Wildman–Crippen MR) is 50.7 cm³/mol. The molecule has 0 heterocycles. The summed E-state index contributed by atoms with van der Waals surface area (Å²) in [5, 5.41) is 8.54. The van der Waals surface area contributed by atoms with Crippen molar-refractivity contribution < 1.29 is 4.74 Å². The van der Waals surface area contributed by atoms with Crippen molar-refractivity contribution in [3.8, 4) is 6.19 Å². The third-order valence-electron chi connectivity index (χ3n) is 1.41. The van der Waals surface area contributed by atoms with E-state index in [1.54, 1.807) is 12.0 Å². The largest absolute Gasteiger partial charge is 0.383 e. The lowest BCUT2D eigenvalue weighted by Gasteiger charge is -2.20. The average Bonchev–Trinajstić information content (AvgIpc) is 2.11. The summed E-state index contributed by atoms with van der Waals surface area (Å²) in [5.41, 5.74) is 0. The molecule has 0 aliphatic heterocycles. The van der Waals surface area contributed by atoms with Crippen LogP contribution in [0, 0.1) is 11.5 Å². The van der Waals surface area contributed by atoms with E-state index in [1.165, 1.54) is 0 Å². The zero-order chi connectivity index (χ0) is 9.98. The van der Waals surface area contributed by atoms with E-state index in [0.717, 1.165) is 6.54 Å². The summed E-state index contributed by atoms with van der Waals surface area (Å²) < 4.78 is 4.90. The third-order valence-corrected chi connectivity index (χ3v) is 1.41. The summed E-state index contributed by atoms with van der Waals surface area (Å²) in [6, 6.07) is 0.194. The lowest BCUT2D eigenvalue weighted by Crippen LogP contribution is -2.31. The Kier molecular flexibility index (Phi) is 11.8. The highest BCUT2D eigenvalue weighted by Gasteiger charge is 2.07. The van der Waals surface area contributed by atoms with Crippen LogP contribution in [0.5, 0.6) is 0 Å². The fourth-order valence-corrected chi connectivity index (χ4v) is 0.812. The van der Waals surface area contributed by atoms with Crippen molar-refractivity contribution in [3.63, 3.8) is 0 Å². The van der Waals surface area contributed by atoms with Gasteiger partial charge < -0.3 is 9.64 Å². The van der Waals surface area contributed by atoms with Gasteiger partial charge in [-0.1, -0.05) is 13.8 Å². The van der Waals surface area contributed by atoms with Crippen molar-refractivity contribution >= 4 is 0 Å². The number of rotatable bonds is 4. The van der Waals surface area contributed by atoms with Crippen LogP contribution in [0.4, 0.5) is 0 Å².